The molecule has 0 aliphatic carbocycles. The lowest BCUT2D eigenvalue weighted by Crippen LogP contribution is -2.51. The summed E-state index contributed by atoms with van der Waals surface area (Å²) in [6, 6.07) is 0. The van der Waals surface area contributed by atoms with Crippen LogP contribution in [0.4, 0.5) is 0 Å². The van der Waals surface area contributed by atoms with Crippen LogP contribution in [0.1, 0.15) is 18.9 Å². The molecule has 2 aliphatic heterocycles. The number of allylic oxidation sites excluding steroid dienone is 1. The summed E-state index contributed by atoms with van der Waals surface area (Å²) in [5.41, 5.74) is 1.61. The summed E-state index contributed by atoms with van der Waals surface area (Å²) < 4.78 is 1.66. The summed E-state index contributed by atoms with van der Waals surface area (Å²) in [7, 11) is 1.81. The zero-order valence-electron chi connectivity index (χ0n) is 11.0. The van der Waals surface area contributed by atoms with Gasteiger partial charge in [-0.05, 0) is 12.5 Å². The van der Waals surface area contributed by atoms with E-state index in [2.05, 4.69) is 5.10 Å². The minimum absolute atomic E-state index is 0.135. The number of carbonyl (C=O) groups is 2. The van der Waals surface area contributed by atoms with E-state index in [0.29, 0.717) is 12.0 Å². The van der Waals surface area contributed by atoms with Gasteiger partial charge in [-0.3, -0.25) is 14.4 Å². The van der Waals surface area contributed by atoms with Gasteiger partial charge in [0.1, 0.15) is 11.1 Å². The van der Waals surface area contributed by atoms with Crippen LogP contribution in [-0.2, 0) is 16.6 Å². The number of aliphatic carboxylic acids is 1. The van der Waals surface area contributed by atoms with E-state index in [-0.39, 0.29) is 17.0 Å². The quantitative estimate of drug-likeness (QED) is 0.673. The molecule has 0 spiro atoms. The number of aromatic nitrogens is 2. The molecular weight excluding hydrogens is 278 g/mol. The molecule has 1 amide bonds. The Morgan fingerprint density at radius 1 is 1.60 bits per heavy atom. The Morgan fingerprint density at radius 2 is 2.35 bits per heavy atom. The Labute approximate surface area is 119 Å². The van der Waals surface area contributed by atoms with Crippen molar-refractivity contribution in [3.05, 3.63) is 34.1 Å². The van der Waals surface area contributed by atoms with Gasteiger partial charge in [0.25, 0.3) is 5.91 Å². The average Bonchev–Trinajstić information content (AvgIpc) is 2.97. The van der Waals surface area contributed by atoms with Crippen LogP contribution < -0.4 is 0 Å². The molecule has 104 valence electrons. The van der Waals surface area contributed by atoms with Gasteiger partial charge in [0, 0.05) is 23.7 Å². The van der Waals surface area contributed by atoms with Gasteiger partial charge >= 0.3 is 5.97 Å². The Bertz CT molecular complexity index is 674. The zero-order valence-corrected chi connectivity index (χ0v) is 11.8. The molecule has 0 radical (unpaired) electrons. The number of rotatable bonds is 3. The number of carboxylic acid groups (broad SMARTS) is 1. The van der Waals surface area contributed by atoms with E-state index in [9.17, 15) is 14.7 Å². The number of fused-ring (bicyclic) bond motifs is 1. The van der Waals surface area contributed by atoms with E-state index in [0.717, 1.165) is 10.5 Å². The Hall–Kier alpha value is -2.02. The lowest BCUT2D eigenvalue weighted by molar-refractivity contribution is -0.141. The summed E-state index contributed by atoms with van der Waals surface area (Å²) in [4.78, 5) is 25.6. The Morgan fingerprint density at radius 3 is 2.90 bits per heavy atom. The minimum Gasteiger partial charge on any atom is -0.477 e. The molecule has 6 nitrogen and oxygen atoms in total. The summed E-state index contributed by atoms with van der Waals surface area (Å²) in [5, 5.41) is 13.1. The van der Waals surface area contributed by atoms with Crippen molar-refractivity contribution >= 4 is 29.7 Å². The summed E-state index contributed by atoms with van der Waals surface area (Å²) in [5.74, 6) is -1.27. The number of hydrogen-bond donors (Lipinski definition) is 1. The molecule has 7 heteroatoms. The first-order valence-corrected chi connectivity index (χ1v) is 7.07. The fourth-order valence-electron chi connectivity index (χ4n) is 2.38. The van der Waals surface area contributed by atoms with Crippen molar-refractivity contribution in [2.75, 3.05) is 0 Å². The van der Waals surface area contributed by atoms with E-state index in [1.165, 1.54) is 16.7 Å². The van der Waals surface area contributed by atoms with Gasteiger partial charge in [-0.2, -0.15) is 5.10 Å². The van der Waals surface area contributed by atoms with Crippen LogP contribution in [0.2, 0.25) is 0 Å². The normalized spacial score (nSPS) is 23.3. The molecule has 1 N–H and O–H groups in total. The lowest BCUT2D eigenvalue weighted by Gasteiger charge is -2.37. The van der Waals surface area contributed by atoms with Crippen LogP contribution in [0.25, 0.3) is 6.08 Å². The highest BCUT2D eigenvalue weighted by Gasteiger charge is 2.51. The molecule has 0 saturated carbocycles. The first kappa shape index (κ1) is 13.0. The molecule has 1 aromatic rings. The summed E-state index contributed by atoms with van der Waals surface area (Å²) in [6.07, 6.45) is 5.89. The maximum atomic E-state index is 12.2. The van der Waals surface area contributed by atoms with E-state index < -0.39 is 5.97 Å². The second-order valence-corrected chi connectivity index (χ2v) is 5.80. The van der Waals surface area contributed by atoms with Crippen molar-refractivity contribution in [1.29, 1.82) is 0 Å². The predicted octanol–water partition coefficient (Wildman–Crippen LogP) is 1.42. The number of β-lactam (4-membered cyclic amide) rings is 1. The number of carbonyl (C=O) groups excluding carboxylic acids is 1. The topological polar surface area (TPSA) is 75.4 Å². The van der Waals surface area contributed by atoms with Crippen LogP contribution >= 0.6 is 11.8 Å². The SMILES string of the molecule is CCC1=C(C(=O)O)N2C(=O)/C(=C/c3cnn(C)c3)C2S1. The van der Waals surface area contributed by atoms with Gasteiger partial charge in [0.15, 0.2) is 0 Å². The third kappa shape index (κ3) is 1.77. The molecule has 1 unspecified atom stereocenters. The molecule has 3 rings (SSSR count). The molecule has 20 heavy (non-hydrogen) atoms. The first-order valence-electron chi connectivity index (χ1n) is 6.19. The van der Waals surface area contributed by atoms with Crippen molar-refractivity contribution in [3.8, 4) is 0 Å². The van der Waals surface area contributed by atoms with Crippen LogP contribution in [0, 0.1) is 0 Å². The fraction of sp³-hybridized carbons (Fsp3) is 0.308. The van der Waals surface area contributed by atoms with E-state index in [4.69, 9.17) is 0 Å². The smallest absolute Gasteiger partial charge is 0.353 e. The van der Waals surface area contributed by atoms with Gasteiger partial charge in [-0.15, -0.1) is 0 Å². The van der Waals surface area contributed by atoms with Gasteiger partial charge in [-0.25, -0.2) is 4.79 Å². The molecule has 1 atom stereocenters. The number of thioether (sulfide) groups is 1. The minimum atomic E-state index is -1.04. The third-order valence-electron chi connectivity index (χ3n) is 3.30. The Balaban J connectivity index is 1.91. The number of amides is 1. The highest BCUT2D eigenvalue weighted by molar-refractivity contribution is 8.04. The summed E-state index contributed by atoms with van der Waals surface area (Å²) in [6.45, 7) is 1.89. The van der Waals surface area contributed by atoms with Crippen molar-refractivity contribution < 1.29 is 14.7 Å². The van der Waals surface area contributed by atoms with Gasteiger partial charge in [0.2, 0.25) is 0 Å². The molecular formula is C13H13N3O3S. The van der Waals surface area contributed by atoms with Crippen molar-refractivity contribution in [1.82, 2.24) is 14.7 Å². The molecule has 3 heterocycles. The number of hydrogen-bond acceptors (Lipinski definition) is 4. The largest absolute Gasteiger partial charge is 0.477 e. The van der Waals surface area contributed by atoms with Crippen LogP contribution in [0.5, 0.6) is 0 Å². The van der Waals surface area contributed by atoms with E-state index in [1.807, 2.05) is 13.1 Å². The third-order valence-corrected chi connectivity index (χ3v) is 4.75. The van der Waals surface area contributed by atoms with Crippen LogP contribution in [0.3, 0.4) is 0 Å². The number of nitrogens with zero attached hydrogens (tertiary/aromatic N) is 3. The zero-order chi connectivity index (χ0) is 14.4. The number of carboxylic acids is 1. The highest BCUT2D eigenvalue weighted by Crippen LogP contribution is 2.50. The standard InChI is InChI=1S/C13H13N3O3S/c1-3-9-10(13(18)19)16-11(17)8(12(16)20-9)4-7-5-14-15(2)6-7/h4-6,12H,3H2,1-2H3,(H,18,19)/b8-4-. The lowest BCUT2D eigenvalue weighted by atomic mass is 10.0. The summed E-state index contributed by atoms with van der Waals surface area (Å²) >= 11 is 1.44. The molecule has 1 aromatic heterocycles. The molecule has 0 bridgehead atoms. The molecule has 1 saturated heterocycles. The second kappa shape index (κ2) is 4.52. The van der Waals surface area contributed by atoms with E-state index >= 15 is 0 Å². The van der Waals surface area contributed by atoms with Crippen molar-refractivity contribution in [2.24, 2.45) is 7.05 Å². The monoisotopic (exact) mass is 291 g/mol. The maximum absolute atomic E-state index is 12.2. The van der Waals surface area contributed by atoms with Crippen LogP contribution in [0.15, 0.2) is 28.6 Å². The van der Waals surface area contributed by atoms with E-state index in [1.54, 1.807) is 24.0 Å². The first-order chi connectivity index (χ1) is 9.52. The fourth-order valence-corrected chi connectivity index (χ4v) is 3.72. The van der Waals surface area contributed by atoms with Crippen LogP contribution in [-0.4, -0.2) is 37.0 Å². The Kier molecular flexibility index (Phi) is 2.93. The molecule has 2 aliphatic rings. The molecule has 1 fully saturated rings. The van der Waals surface area contributed by atoms with Crippen molar-refractivity contribution in [3.63, 3.8) is 0 Å². The highest BCUT2D eigenvalue weighted by atomic mass is 32.2. The number of aryl methyl sites for hydroxylation is 1. The van der Waals surface area contributed by atoms with Crippen molar-refractivity contribution in [2.45, 2.75) is 18.7 Å². The average molecular weight is 291 g/mol. The molecule has 0 aromatic carbocycles. The maximum Gasteiger partial charge on any atom is 0.353 e. The predicted molar refractivity (Wildman–Crippen MR) is 74.4 cm³/mol. The second-order valence-electron chi connectivity index (χ2n) is 4.62. The van der Waals surface area contributed by atoms with Gasteiger partial charge in [0.05, 0.1) is 11.8 Å². The van der Waals surface area contributed by atoms with Gasteiger partial charge in [-0.1, -0.05) is 18.7 Å². The van der Waals surface area contributed by atoms with Gasteiger partial charge < -0.3 is 5.11 Å².